The van der Waals surface area contributed by atoms with Crippen LogP contribution in [0.2, 0.25) is 0 Å². The number of fused-ring (bicyclic) bond motifs is 1. The average Bonchev–Trinajstić information content (AvgIpc) is 2.96. The second kappa shape index (κ2) is 5.35. The fourth-order valence-electron chi connectivity index (χ4n) is 1.95. The van der Waals surface area contributed by atoms with Crippen LogP contribution in [0.15, 0.2) is 29.1 Å². The predicted octanol–water partition coefficient (Wildman–Crippen LogP) is 1.89. The molecule has 21 heavy (non-hydrogen) atoms. The summed E-state index contributed by atoms with van der Waals surface area (Å²) < 4.78 is 5.88. The fraction of sp³-hybridized carbons (Fsp3) is 0.286. The number of ether oxygens (including phenoxy) is 1. The van der Waals surface area contributed by atoms with Gasteiger partial charge in [0.1, 0.15) is 11.6 Å². The van der Waals surface area contributed by atoms with Crippen LogP contribution in [0.25, 0.3) is 22.6 Å². The molecule has 0 aliphatic heterocycles. The molecule has 0 radical (unpaired) electrons. The lowest BCUT2D eigenvalue weighted by Gasteiger charge is -2.15. The monoisotopic (exact) mass is 285 g/mol. The molecule has 0 spiro atoms. The molecule has 3 rings (SSSR count). The van der Waals surface area contributed by atoms with Gasteiger partial charge in [-0.15, -0.1) is 10.2 Å². The Balaban J connectivity index is 2.12. The molecule has 2 N–H and O–H groups in total. The van der Waals surface area contributed by atoms with Crippen LogP contribution in [-0.4, -0.2) is 31.5 Å². The summed E-state index contributed by atoms with van der Waals surface area (Å²) in [6, 6.07) is 7.45. The van der Waals surface area contributed by atoms with E-state index in [1.54, 1.807) is 0 Å². The van der Waals surface area contributed by atoms with E-state index in [0.29, 0.717) is 11.6 Å². The summed E-state index contributed by atoms with van der Waals surface area (Å²) in [5.41, 5.74) is 0.869. The van der Waals surface area contributed by atoms with Crippen LogP contribution in [0.5, 0.6) is 5.75 Å². The van der Waals surface area contributed by atoms with Crippen molar-refractivity contribution >= 4 is 11.2 Å². The zero-order chi connectivity index (χ0) is 14.8. The summed E-state index contributed by atoms with van der Waals surface area (Å²) in [6.07, 6.45) is 0.967. The summed E-state index contributed by atoms with van der Waals surface area (Å²) in [5, 5.41) is 10.0. The van der Waals surface area contributed by atoms with Crippen molar-refractivity contribution in [3.63, 3.8) is 0 Å². The van der Waals surface area contributed by atoms with Gasteiger partial charge in [0.05, 0.1) is 11.7 Å². The van der Waals surface area contributed by atoms with Gasteiger partial charge in [-0.05, 0) is 25.5 Å². The van der Waals surface area contributed by atoms with Crippen LogP contribution in [-0.2, 0) is 0 Å². The van der Waals surface area contributed by atoms with E-state index in [2.05, 4.69) is 32.3 Å². The van der Waals surface area contributed by atoms with Crippen LogP contribution in [0.1, 0.15) is 20.3 Å². The highest BCUT2D eigenvalue weighted by atomic mass is 16.5. The van der Waals surface area contributed by atoms with Crippen LogP contribution >= 0.6 is 0 Å². The summed E-state index contributed by atoms with van der Waals surface area (Å²) >= 11 is 0. The van der Waals surface area contributed by atoms with Crippen molar-refractivity contribution in [2.24, 2.45) is 0 Å². The summed E-state index contributed by atoms with van der Waals surface area (Å²) in [6.45, 7) is 4.04. The number of hydrogen-bond acceptors (Lipinski definition) is 5. The topological polar surface area (TPSA) is 96.6 Å². The number of aromatic amines is 2. The first-order chi connectivity index (χ1) is 10.2. The first kappa shape index (κ1) is 13.3. The molecule has 2 heterocycles. The van der Waals surface area contributed by atoms with Gasteiger partial charge in [0.25, 0.3) is 5.56 Å². The zero-order valence-electron chi connectivity index (χ0n) is 11.8. The molecule has 7 heteroatoms. The van der Waals surface area contributed by atoms with Crippen molar-refractivity contribution in [2.75, 3.05) is 0 Å². The molecule has 108 valence electrons. The van der Waals surface area contributed by atoms with Crippen molar-refractivity contribution < 1.29 is 4.74 Å². The number of nitrogens with zero attached hydrogens (tertiary/aromatic N) is 3. The maximum absolute atomic E-state index is 12.0. The fourth-order valence-corrected chi connectivity index (χ4v) is 1.95. The second-order valence-electron chi connectivity index (χ2n) is 4.74. The van der Waals surface area contributed by atoms with Gasteiger partial charge in [-0.1, -0.05) is 19.1 Å². The SMILES string of the molecule is CCC(C)Oc1ccccc1-c1nc2n[nH]nc2c(=O)[nH]1. The maximum atomic E-state index is 12.0. The first-order valence-electron chi connectivity index (χ1n) is 6.76. The Morgan fingerprint density at radius 1 is 1.29 bits per heavy atom. The molecule has 0 saturated carbocycles. The van der Waals surface area contributed by atoms with E-state index < -0.39 is 0 Å². The smallest absolute Gasteiger partial charge is 0.281 e. The first-order valence-corrected chi connectivity index (χ1v) is 6.76. The van der Waals surface area contributed by atoms with Crippen molar-refractivity contribution in [3.05, 3.63) is 34.6 Å². The molecule has 1 aromatic carbocycles. The molecule has 2 aromatic heterocycles. The summed E-state index contributed by atoms with van der Waals surface area (Å²) in [4.78, 5) is 19.0. The predicted molar refractivity (Wildman–Crippen MR) is 78.1 cm³/mol. The molecule has 1 unspecified atom stereocenters. The van der Waals surface area contributed by atoms with Gasteiger partial charge in [0.2, 0.25) is 5.65 Å². The molecule has 0 amide bonds. The van der Waals surface area contributed by atoms with Gasteiger partial charge in [0.15, 0.2) is 5.52 Å². The number of para-hydroxylation sites is 1. The Labute approximate surface area is 120 Å². The lowest BCUT2D eigenvalue weighted by Crippen LogP contribution is -2.12. The minimum absolute atomic E-state index is 0.0775. The van der Waals surface area contributed by atoms with Gasteiger partial charge in [-0.2, -0.15) is 5.21 Å². The number of rotatable bonds is 4. The van der Waals surface area contributed by atoms with Gasteiger partial charge < -0.3 is 9.72 Å². The minimum atomic E-state index is -0.331. The number of H-pyrrole nitrogens is 2. The normalized spacial score (nSPS) is 12.5. The van der Waals surface area contributed by atoms with Crippen LogP contribution < -0.4 is 10.3 Å². The van der Waals surface area contributed by atoms with Gasteiger partial charge in [0, 0.05) is 0 Å². The number of nitrogens with one attached hydrogen (secondary N) is 2. The maximum Gasteiger partial charge on any atom is 0.281 e. The highest BCUT2D eigenvalue weighted by molar-refractivity contribution is 5.72. The van der Waals surface area contributed by atoms with Crippen molar-refractivity contribution in [1.29, 1.82) is 0 Å². The molecule has 0 aliphatic rings. The molecule has 0 bridgehead atoms. The summed E-state index contributed by atoms with van der Waals surface area (Å²) in [5.74, 6) is 1.10. The molecule has 0 saturated heterocycles. The van der Waals surface area contributed by atoms with Crippen LogP contribution in [0.4, 0.5) is 0 Å². The second-order valence-corrected chi connectivity index (χ2v) is 4.74. The third kappa shape index (κ3) is 2.49. The Morgan fingerprint density at radius 3 is 2.90 bits per heavy atom. The van der Waals surface area contributed by atoms with Crippen molar-refractivity contribution in [2.45, 2.75) is 26.4 Å². The largest absolute Gasteiger partial charge is 0.490 e. The molecule has 1 atom stereocenters. The average molecular weight is 285 g/mol. The standard InChI is InChI=1S/C14H15N5O2/c1-3-8(2)21-10-7-5-4-6-9(10)12-15-13-11(14(20)16-12)17-19-18-13/h4-8H,3H2,1-2H3,(H2,15,16,17,18,19,20). The van der Waals surface area contributed by atoms with Crippen molar-refractivity contribution in [3.8, 4) is 17.1 Å². The lowest BCUT2D eigenvalue weighted by molar-refractivity contribution is 0.218. The Kier molecular flexibility index (Phi) is 3.39. The highest BCUT2D eigenvalue weighted by Gasteiger charge is 2.13. The van der Waals surface area contributed by atoms with Gasteiger partial charge in [-0.25, -0.2) is 4.98 Å². The molecule has 3 aromatic rings. The zero-order valence-corrected chi connectivity index (χ0v) is 11.8. The molecule has 0 aliphatic carbocycles. The lowest BCUT2D eigenvalue weighted by atomic mass is 10.2. The van der Waals surface area contributed by atoms with E-state index in [1.165, 1.54) is 0 Å². The van der Waals surface area contributed by atoms with Crippen LogP contribution in [0.3, 0.4) is 0 Å². The third-order valence-electron chi connectivity index (χ3n) is 3.24. The van der Waals surface area contributed by atoms with E-state index >= 15 is 0 Å². The Morgan fingerprint density at radius 2 is 2.10 bits per heavy atom. The number of aromatic nitrogens is 5. The van der Waals surface area contributed by atoms with E-state index in [4.69, 9.17) is 4.74 Å². The highest BCUT2D eigenvalue weighted by Crippen LogP contribution is 2.28. The van der Waals surface area contributed by atoms with Crippen molar-refractivity contribution in [1.82, 2.24) is 25.4 Å². The number of benzene rings is 1. The van der Waals surface area contributed by atoms with Crippen LogP contribution in [0, 0.1) is 0 Å². The summed E-state index contributed by atoms with van der Waals surface area (Å²) in [7, 11) is 0. The quantitative estimate of drug-likeness (QED) is 0.763. The number of hydrogen-bond donors (Lipinski definition) is 2. The molecular formula is C14H15N5O2. The molecule has 0 fully saturated rings. The van der Waals surface area contributed by atoms with Gasteiger partial charge >= 0.3 is 0 Å². The van der Waals surface area contributed by atoms with E-state index in [-0.39, 0.29) is 22.8 Å². The van der Waals surface area contributed by atoms with E-state index in [0.717, 1.165) is 12.0 Å². The van der Waals surface area contributed by atoms with Gasteiger partial charge in [-0.3, -0.25) is 4.79 Å². The van der Waals surface area contributed by atoms with E-state index in [1.807, 2.05) is 31.2 Å². The van der Waals surface area contributed by atoms with E-state index in [9.17, 15) is 4.79 Å². The minimum Gasteiger partial charge on any atom is -0.490 e. The third-order valence-corrected chi connectivity index (χ3v) is 3.24. The Hall–Kier alpha value is -2.70. The Bertz CT molecular complexity index is 823. The molecular weight excluding hydrogens is 270 g/mol. The molecule has 7 nitrogen and oxygen atoms in total.